The molecule has 0 saturated carbocycles. The van der Waals surface area contributed by atoms with Crippen molar-refractivity contribution in [2.45, 2.75) is 19.3 Å². The van der Waals surface area contributed by atoms with E-state index in [-0.39, 0.29) is 39.4 Å². The largest absolute Gasteiger partial charge is 0.455 e. The van der Waals surface area contributed by atoms with Crippen LogP contribution in [0.15, 0.2) is 60.8 Å². The molecule has 44 heavy (non-hydrogen) atoms. The van der Waals surface area contributed by atoms with E-state index < -0.39 is 41.9 Å². The number of tetrazole rings is 1. The molecule has 0 saturated heterocycles. The van der Waals surface area contributed by atoms with Gasteiger partial charge in [-0.3, -0.25) is 9.59 Å². The first-order valence-electron chi connectivity index (χ1n) is 12.3. The quantitative estimate of drug-likeness (QED) is 0.206. The Hall–Kier alpha value is -4.60. The molecule has 0 unspecified atom stereocenters. The fourth-order valence-corrected chi connectivity index (χ4v) is 4.51. The minimum Gasteiger partial charge on any atom is -0.348 e. The number of amides is 2. The van der Waals surface area contributed by atoms with Crippen LogP contribution in [0.25, 0.3) is 5.82 Å². The average molecular weight is 669 g/mol. The first-order valence-corrected chi connectivity index (χ1v) is 13.4. The minimum atomic E-state index is -4.83. The summed E-state index contributed by atoms with van der Waals surface area (Å²) in [6, 6.07) is 13.0. The van der Waals surface area contributed by atoms with Gasteiger partial charge < -0.3 is 10.6 Å². The third kappa shape index (κ3) is 6.79. The summed E-state index contributed by atoms with van der Waals surface area (Å²) in [6.07, 6.45) is -3.47. The maximum atomic E-state index is 15.2. The van der Waals surface area contributed by atoms with Gasteiger partial charge in [-0.05, 0) is 47.2 Å². The molecule has 18 heteroatoms. The Kier molecular flexibility index (Phi) is 8.80. The number of pyridine rings is 1. The monoisotopic (exact) mass is 667 g/mol. The third-order valence-corrected chi connectivity index (χ3v) is 6.76. The van der Waals surface area contributed by atoms with Crippen molar-refractivity contribution in [3.05, 3.63) is 110 Å². The van der Waals surface area contributed by atoms with E-state index in [0.29, 0.717) is 15.4 Å². The summed E-state index contributed by atoms with van der Waals surface area (Å²) < 4.78 is 55.0. The molecule has 0 atom stereocenters. The van der Waals surface area contributed by atoms with E-state index in [1.807, 2.05) is 0 Å². The van der Waals surface area contributed by atoms with Crippen molar-refractivity contribution in [2.75, 3.05) is 5.32 Å². The number of carbonyl (C=O) groups excluding carboxylic acids is 2. The van der Waals surface area contributed by atoms with Gasteiger partial charge in [0.2, 0.25) is 0 Å². The highest BCUT2D eigenvalue weighted by molar-refractivity contribution is 6.32. The zero-order chi connectivity index (χ0) is 31.6. The second-order valence-electron chi connectivity index (χ2n) is 8.92. The van der Waals surface area contributed by atoms with Gasteiger partial charge in [-0.1, -0.05) is 53.0 Å². The predicted molar refractivity (Wildman–Crippen MR) is 150 cm³/mol. The second-order valence-corrected chi connectivity index (χ2v) is 10.2. The van der Waals surface area contributed by atoms with E-state index in [1.54, 1.807) is 24.3 Å². The van der Waals surface area contributed by atoms with Crippen molar-refractivity contribution in [3.63, 3.8) is 0 Å². The molecule has 3 heterocycles. The van der Waals surface area contributed by atoms with Crippen LogP contribution in [0.4, 0.5) is 23.2 Å². The van der Waals surface area contributed by atoms with E-state index in [9.17, 15) is 22.8 Å². The van der Waals surface area contributed by atoms with E-state index in [4.69, 9.17) is 34.8 Å². The zero-order valence-corrected chi connectivity index (χ0v) is 24.0. The molecular formula is C26H16Cl3F4N9O2. The number of rotatable bonds is 8. The van der Waals surface area contributed by atoms with Crippen LogP contribution in [-0.4, -0.2) is 46.8 Å². The highest BCUT2D eigenvalue weighted by Gasteiger charge is 2.37. The summed E-state index contributed by atoms with van der Waals surface area (Å²) in [5, 5.41) is 19.1. The fourth-order valence-electron chi connectivity index (χ4n) is 3.90. The Morgan fingerprint density at radius 2 is 1.68 bits per heavy atom. The van der Waals surface area contributed by atoms with Crippen LogP contribution in [0.3, 0.4) is 0 Å². The van der Waals surface area contributed by atoms with Gasteiger partial charge in [-0.25, -0.2) is 14.1 Å². The molecule has 0 fully saturated rings. The van der Waals surface area contributed by atoms with Crippen molar-refractivity contribution in [3.8, 4) is 5.82 Å². The lowest BCUT2D eigenvalue weighted by molar-refractivity contribution is -0.145. The molecule has 11 nitrogen and oxygen atoms in total. The van der Waals surface area contributed by atoms with E-state index in [2.05, 4.69) is 36.1 Å². The molecule has 2 amide bonds. The summed E-state index contributed by atoms with van der Waals surface area (Å²) in [6.45, 7) is -0.452. The summed E-state index contributed by atoms with van der Waals surface area (Å²) >= 11 is 18.4. The molecule has 0 aliphatic rings. The number of anilines is 1. The van der Waals surface area contributed by atoms with Crippen LogP contribution in [0.2, 0.25) is 15.1 Å². The zero-order valence-electron chi connectivity index (χ0n) is 21.8. The molecule has 0 radical (unpaired) electrons. The maximum absolute atomic E-state index is 15.2. The van der Waals surface area contributed by atoms with Gasteiger partial charge >= 0.3 is 6.18 Å². The van der Waals surface area contributed by atoms with Gasteiger partial charge in [0.05, 0.1) is 22.0 Å². The number of carbonyl (C=O) groups is 2. The maximum Gasteiger partial charge on any atom is 0.455 e. The minimum absolute atomic E-state index is 0.00252. The van der Waals surface area contributed by atoms with Crippen molar-refractivity contribution >= 4 is 52.3 Å². The fraction of sp³-hybridized carbons (Fsp3) is 0.115. The lowest BCUT2D eigenvalue weighted by atomic mass is 10.1. The molecule has 5 rings (SSSR count). The molecule has 3 aromatic heterocycles. The average Bonchev–Trinajstić information content (AvgIpc) is 3.62. The van der Waals surface area contributed by atoms with Gasteiger partial charge in [0.1, 0.15) is 18.1 Å². The number of alkyl halides is 3. The van der Waals surface area contributed by atoms with Crippen LogP contribution in [0.5, 0.6) is 0 Å². The Balaban J connectivity index is 1.47. The predicted octanol–water partition coefficient (Wildman–Crippen LogP) is 5.60. The first kappa shape index (κ1) is 30.8. The van der Waals surface area contributed by atoms with Crippen LogP contribution in [0.1, 0.15) is 37.9 Å². The topological polar surface area (TPSA) is 133 Å². The Morgan fingerprint density at radius 1 is 0.932 bits per heavy atom. The van der Waals surface area contributed by atoms with Gasteiger partial charge in [0, 0.05) is 22.8 Å². The summed E-state index contributed by atoms with van der Waals surface area (Å²) in [5.41, 5.74) is -0.497. The number of benzene rings is 2. The molecule has 0 aliphatic heterocycles. The molecule has 2 aromatic carbocycles. The second kappa shape index (κ2) is 12.6. The number of hydrogen-bond acceptors (Lipinski definition) is 7. The smallest absolute Gasteiger partial charge is 0.348 e. The number of halogens is 7. The molecular weight excluding hydrogens is 653 g/mol. The number of hydrogen-bond donors (Lipinski definition) is 2. The Morgan fingerprint density at radius 3 is 2.39 bits per heavy atom. The van der Waals surface area contributed by atoms with Crippen LogP contribution in [-0.2, 0) is 19.3 Å². The summed E-state index contributed by atoms with van der Waals surface area (Å²) in [7, 11) is 0. The number of nitrogens with one attached hydrogen (secondary N) is 2. The molecule has 226 valence electrons. The number of aromatic nitrogens is 7. The third-order valence-electron chi connectivity index (χ3n) is 5.88. The molecule has 0 bridgehead atoms. The van der Waals surface area contributed by atoms with Crippen LogP contribution in [0, 0.1) is 5.82 Å². The van der Waals surface area contributed by atoms with Crippen molar-refractivity contribution in [2.24, 2.45) is 0 Å². The van der Waals surface area contributed by atoms with E-state index in [1.165, 1.54) is 24.4 Å². The van der Waals surface area contributed by atoms with Gasteiger partial charge in [0.25, 0.3) is 17.6 Å². The number of nitrogens with zero attached hydrogens (tertiary/aromatic N) is 7. The lowest BCUT2D eigenvalue weighted by Gasteiger charge is -2.14. The normalized spacial score (nSPS) is 11.4. The first-order chi connectivity index (χ1) is 20.9. The molecule has 0 spiro atoms. The van der Waals surface area contributed by atoms with Gasteiger partial charge in [-0.2, -0.15) is 23.1 Å². The Bertz CT molecular complexity index is 1880. The molecule has 2 N–H and O–H groups in total. The molecule has 0 aliphatic carbocycles. The van der Waals surface area contributed by atoms with Crippen molar-refractivity contribution in [1.29, 1.82) is 0 Å². The van der Waals surface area contributed by atoms with Crippen LogP contribution < -0.4 is 10.6 Å². The molecule has 5 aromatic rings. The lowest BCUT2D eigenvalue weighted by Crippen LogP contribution is -2.26. The van der Waals surface area contributed by atoms with Crippen molar-refractivity contribution in [1.82, 2.24) is 40.3 Å². The highest BCUT2D eigenvalue weighted by atomic mass is 35.5. The standard InChI is InChI=1S/C26H16Cl3F4N9O2/c27-14-8-16(23(43)35-11-13-4-1-2-5-17(13)28)21(19(30)9-14)36-24(44)20-10-15(12-41-39-25(37-40-41)26(31,32)33)38-42(20)22-18(29)6-3-7-34-22/h1-10H,11-12H2,(H,35,43)(H,36,44). The van der Waals surface area contributed by atoms with E-state index >= 15 is 4.39 Å². The van der Waals surface area contributed by atoms with Crippen LogP contribution >= 0.6 is 34.8 Å². The van der Waals surface area contributed by atoms with Gasteiger partial charge in [0.15, 0.2) is 5.82 Å². The highest BCUT2D eigenvalue weighted by Crippen LogP contribution is 2.28. The summed E-state index contributed by atoms with van der Waals surface area (Å²) in [5.74, 6) is -4.28. The summed E-state index contributed by atoms with van der Waals surface area (Å²) in [4.78, 5) is 31.4. The Labute approximate surface area is 259 Å². The van der Waals surface area contributed by atoms with E-state index in [0.717, 1.165) is 16.8 Å². The SMILES string of the molecule is O=C(NCc1ccccc1Cl)c1cc(Cl)cc(F)c1NC(=O)c1cc(Cn2nnc(C(F)(F)F)n2)nn1-c1ncccc1Cl. The van der Waals surface area contributed by atoms with Gasteiger partial charge in [-0.15, -0.1) is 10.2 Å². The van der Waals surface area contributed by atoms with Crippen molar-refractivity contribution < 1.29 is 27.2 Å².